The van der Waals surface area contributed by atoms with Crippen LogP contribution in [0.1, 0.15) is 40.0 Å². The van der Waals surface area contributed by atoms with Crippen molar-refractivity contribution in [3.8, 4) is 0 Å². The zero-order valence-electron chi connectivity index (χ0n) is 11.5. The third kappa shape index (κ3) is 2.86. The Bertz CT molecular complexity index is 407. The number of hydrogen-bond donors (Lipinski definition) is 0. The molecule has 0 aliphatic carbocycles. The average molecular weight is 277 g/mol. The van der Waals surface area contributed by atoms with E-state index in [9.17, 15) is 17.6 Å². The molecule has 5 heteroatoms. The first-order valence-corrected chi connectivity index (χ1v) is 6.44. The van der Waals surface area contributed by atoms with Gasteiger partial charge in [0.15, 0.2) is 0 Å². The molecule has 2 fully saturated rings. The minimum Gasteiger partial charge on any atom is -0.289 e. The van der Waals surface area contributed by atoms with Crippen molar-refractivity contribution in [1.29, 1.82) is 0 Å². The molecule has 2 aliphatic heterocycles. The zero-order valence-corrected chi connectivity index (χ0v) is 11.5. The molecule has 0 radical (unpaired) electrons. The standard InChI is InChI=1S/C14H19F4N/c1-13(2,3)8-14-4-9(11(15)16)6-19(14)7-10(5-14)12(17)18/h4-8H2,1-3H3. The number of nitrogens with zero attached hydrogens (tertiary/aromatic N) is 1. The predicted molar refractivity (Wildman–Crippen MR) is 66.1 cm³/mol. The van der Waals surface area contributed by atoms with E-state index in [1.165, 1.54) is 0 Å². The Hall–Kier alpha value is -0.840. The number of rotatable bonds is 1. The molecule has 0 aromatic carbocycles. The van der Waals surface area contributed by atoms with Crippen LogP contribution in [0.4, 0.5) is 17.6 Å². The minimum atomic E-state index is -1.64. The molecular formula is C14H19F4N. The fourth-order valence-corrected chi connectivity index (χ4v) is 3.52. The molecule has 0 saturated carbocycles. The van der Waals surface area contributed by atoms with Crippen molar-refractivity contribution in [2.75, 3.05) is 13.1 Å². The number of fused-ring (bicyclic) bond motifs is 1. The highest BCUT2D eigenvalue weighted by Crippen LogP contribution is 2.50. The van der Waals surface area contributed by atoms with Crippen molar-refractivity contribution in [2.24, 2.45) is 5.41 Å². The van der Waals surface area contributed by atoms with Crippen LogP contribution in [0.15, 0.2) is 23.3 Å². The molecule has 2 saturated heterocycles. The third-order valence-electron chi connectivity index (χ3n) is 3.91. The van der Waals surface area contributed by atoms with Crippen LogP contribution in [0.3, 0.4) is 0 Å². The summed E-state index contributed by atoms with van der Waals surface area (Å²) in [6.45, 7) is 6.28. The van der Waals surface area contributed by atoms with Gasteiger partial charge in [-0.2, -0.15) is 17.6 Å². The monoisotopic (exact) mass is 277 g/mol. The van der Waals surface area contributed by atoms with Crippen LogP contribution in [0, 0.1) is 5.41 Å². The molecule has 1 nitrogen and oxygen atoms in total. The van der Waals surface area contributed by atoms with Crippen LogP contribution in [0.5, 0.6) is 0 Å². The van der Waals surface area contributed by atoms with Gasteiger partial charge in [0.05, 0.1) is 0 Å². The van der Waals surface area contributed by atoms with E-state index in [-0.39, 0.29) is 42.5 Å². The number of hydrogen-bond acceptors (Lipinski definition) is 1. The quantitative estimate of drug-likeness (QED) is 0.634. The molecule has 0 unspecified atom stereocenters. The topological polar surface area (TPSA) is 3.24 Å². The summed E-state index contributed by atoms with van der Waals surface area (Å²) in [4.78, 5) is 1.81. The highest BCUT2D eigenvalue weighted by Gasteiger charge is 2.51. The smallest absolute Gasteiger partial charge is 0.270 e. The van der Waals surface area contributed by atoms with E-state index < -0.39 is 17.7 Å². The molecule has 0 aromatic heterocycles. The van der Waals surface area contributed by atoms with Crippen LogP contribution >= 0.6 is 0 Å². The maximum Gasteiger partial charge on any atom is 0.270 e. The molecule has 0 atom stereocenters. The second-order valence-electron chi connectivity index (χ2n) is 6.90. The molecule has 19 heavy (non-hydrogen) atoms. The summed E-state index contributed by atoms with van der Waals surface area (Å²) in [5.74, 6) is 0. The van der Waals surface area contributed by atoms with E-state index >= 15 is 0 Å². The van der Waals surface area contributed by atoms with Gasteiger partial charge in [0, 0.05) is 29.8 Å². The summed E-state index contributed by atoms with van der Waals surface area (Å²) in [6, 6.07) is 0. The second kappa shape index (κ2) is 4.62. The highest BCUT2D eigenvalue weighted by atomic mass is 19.3. The molecule has 0 bridgehead atoms. The van der Waals surface area contributed by atoms with Crippen molar-refractivity contribution in [1.82, 2.24) is 4.90 Å². The maximum atomic E-state index is 12.8. The molecule has 0 spiro atoms. The van der Waals surface area contributed by atoms with Crippen molar-refractivity contribution < 1.29 is 17.6 Å². The van der Waals surface area contributed by atoms with Crippen molar-refractivity contribution in [3.05, 3.63) is 23.3 Å². The Labute approximate surface area is 111 Å². The summed E-state index contributed by atoms with van der Waals surface area (Å²) in [5, 5.41) is 0. The fraction of sp³-hybridized carbons (Fsp3) is 0.714. The van der Waals surface area contributed by atoms with Gasteiger partial charge in [0.1, 0.15) is 0 Å². The van der Waals surface area contributed by atoms with Gasteiger partial charge in [0.2, 0.25) is 0 Å². The lowest BCUT2D eigenvalue weighted by Crippen LogP contribution is -2.41. The third-order valence-corrected chi connectivity index (χ3v) is 3.91. The summed E-state index contributed by atoms with van der Waals surface area (Å²) < 4.78 is 51.2. The number of halogens is 4. The first-order chi connectivity index (χ1) is 8.63. The molecule has 0 N–H and O–H groups in total. The second-order valence-corrected chi connectivity index (χ2v) is 6.90. The molecule has 108 valence electrons. The van der Waals surface area contributed by atoms with Crippen LogP contribution in [0.2, 0.25) is 0 Å². The largest absolute Gasteiger partial charge is 0.289 e. The van der Waals surface area contributed by atoms with Gasteiger partial charge in [-0.3, -0.25) is 4.90 Å². The van der Waals surface area contributed by atoms with Gasteiger partial charge in [-0.05, 0) is 24.7 Å². The SMILES string of the molecule is CC(C)(C)CC12CC(=C(F)F)CN1CC(=C(F)F)C2. The molecule has 2 heterocycles. The Kier molecular flexibility index (Phi) is 3.54. The summed E-state index contributed by atoms with van der Waals surface area (Å²) in [5.41, 5.74) is -0.400. The van der Waals surface area contributed by atoms with E-state index in [0.717, 1.165) is 0 Å². The highest BCUT2D eigenvalue weighted by molar-refractivity contribution is 5.29. The minimum absolute atomic E-state index is 0.0806. The molecule has 0 aromatic rings. The molecular weight excluding hydrogens is 258 g/mol. The van der Waals surface area contributed by atoms with Crippen LogP contribution in [-0.4, -0.2) is 23.5 Å². The van der Waals surface area contributed by atoms with E-state index in [1.807, 2.05) is 20.8 Å². The lowest BCUT2D eigenvalue weighted by Gasteiger charge is -2.37. The van der Waals surface area contributed by atoms with Gasteiger partial charge in [-0.1, -0.05) is 20.8 Å². The zero-order chi connectivity index (χ0) is 14.4. The molecule has 2 aliphatic rings. The van der Waals surface area contributed by atoms with Crippen molar-refractivity contribution in [3.63, 3.8) is 0 Å². The first kappa shape index (κ1) is 14.6. The fourth-order valence-electron chi connectivity index (χ4n) is 3.52. The Morgan fingerprint density at radius 1 is 1.00 bits per heavy atom. The van der Waals surface area contributed by atoms with Crippen LogP contribution in [-0.2, 0) is 0 Å². The van der Waals surface area contributed by atoms with E-state index in [1.54, 1.807) is 4.90 Å². The Morgan fingerprint density at radius 2 is 1.42 bits per heavy atom. The summed E-state index contributed by atoms with van der Waals surface area (Å²) >= 11 is 0. The maximum absolute atomic E-state index is 12.8. The Morgan fingerprint density at radius 3 is 1.74 bits per heavy atom. The molecule has 0 amide bonds. The summed E-state index contributed by atoms with van der Waals surface area (Å²) in [6.07, 6.45) is -2.22. The van der Waals surface area contributed by atoms with Gasteiger partial charge < -0.3 is 0 Å². The van der Waals surface area contributed by atoms with E-state index in [0.29, 0.717) is 6.42 Å². The van der Waals surface area contributed by atoms with Crippen molar-refractivity contribution >= 4 is 0 Å². The Balaban J connectivity index is 2.33. The predicted octanol–water partition coefficient (Wildman–Crippen LogP) is 4.57. The van der Waals surface area contributed by atoms with Gasteiger partial charge in [0.25, 0.3) is 12.2 Å². The lowest BCUT2D eigenvalue weighted by atomic mass is 9.76. The lowest BCUT2D eigenvalue weighted by molar-refractivity contribution is 0.130. The van der Waals surface area contributed by atoms with Gasteiger partial charge in [-0.15, -0.1) is 0 Å². The van der Waals surface area contributed by atoms with E-state index in [2.05, 4.69) is 0 Å². The van der Waals surface area contributed by atoms with Gasteiger partial charge in [-0.25, -0.2) is 0 Å². The van der Waals surface area contributed by atoms with E-state index in [4.69, 9.17) is 0 Å². The summed E-state index contributed by atoms with van der Waals surface area (Å²) in [7, 11) is 0. The van der Waals surface area contributed by atoms with Gasteiger partial charge >= 0.3 is 0 Å². The van der Waals surface area contributed by atoms with Crippen LogP contribution in [0.25, 0.3) is 0 Å². The van der Waals surface area contributed by atoms with Crippen LogP contribution < -0.4 is 0 Å². The molecule has 2 rings (SSSR count). The van der Waals surface area contributed by atoms with Crippen molar-refractivity contribution in [2.45, 2.75) is 45.6 Å². The normalized spacial score (nSPS) is 22.9. The average Bonchev–Trinajstić information content (AvgIpc) is 2.67. The first-order valence-electron chi connectivity index (χ1n) is 6.44.